The predicted molar refractivity (Wildman–Crippen MR) is 83.3 cm³/mol. The lowest BCUT2D eigenvalue weighted by Gasteiger charge is -2.12. The first-order valence-corrected chi connectivity index (χ1v) is 6.80. The minimum Gasteiger partial charge on any atom is -0.505 e. The van der Waals surface area contributed by atoms with E-state index in [4.69, 9.17) is 5.26 Å². The summed E-state index contributed by atoms with van der Waals surface area (Å²) in [5.74, 6) is -0.406. The molecule has 0 saturated carbocycles. The lowest BCUT2D eigenvalue weighted by Crippen LogP contribution is -2.25. The van der Waals surface area contributed by atoms with E-state index in [1.807, 2.05) is 6.07 Å². The van der Waals surface area contributed by atoms with Crippen molar-refractivity contribution in [2.75, 3.05) is 0 Å². The van der Waals surface area contributed by atoms with Gasteiger partial charge in [0.2, 0.25) is 0 Å². The van der Waals surface area contributed by atoms with Crippen molar-refractivity contribution in [1.82, 2.24) is 9.55 Å². The molecule has 6 nitrogen and oxygen atoms in total. The molecule has 23 heavy (non-hydrogen) atoms. The van der Waals surface area contributed by atoms with Crippen molar-refractivity contribution in [2.24, 2.45) is 0 Å². The van der Waals surface area contributed by atoms with Crippen LogP contribution >= 0.6 is 0 Å². The molecule has 1 N–H and O–H groups in total. The van der Waals surface area contributed by atoms with Crippen LogP contribution in [0.4, 0.5) is 0 Å². The van der Waals surface area contributed by atoms with Crippen molar-refractivity contribution in [1.29, 1.82) is 5.26 Å². The SMILES string of the molecule is N#Cc1ccc(Cn2c(=O)c(C=O)c(O)c3ncccc32)cc1. The third kappa shape index (κ3) is 2.45. The third-order valence-corrected chi connectivity index (χ3v) is 3.57. The van der Waals surface area contributed by atoms with Crippen LogP contribution in [0.25, 0.3) is 11.0 Å². The molecule has 0 fully saturated rings. The van der Waals surface area contributed by atoms with Gasteiger partial charge in [-0.1, -0.05) is 12.1 Å². The Labute approximate surface area is 130 Å². The van der Waals surface area contributed by atoms with Gasteiger partial charge in [0.25, 0.3) is 5.56 Å². The van der Waals surface area contributed by atoms with Crippen LogP contribution in [0.15, 0.2) is 47.4 Å². The smallest absolute Gasteiger partial charge is 0.265 e. The van der Waals surface area contributed by atoms with Gasteiger partial charge in [-0.3, -0.25) is 14.6 Å². The highest BCUT2D eigenvalue weighted by Gasteiger charge is 2.16. The van der Waals surface area contributed by atoms with E-state index in [2.05, 4.69) is 4.98 Å². The standard InChI is InChI=1S/C17H11N3O3/c18-8-11-3-5-12(6-4-11)9-20-14-2-1-7-19-15(14)16(22)13(10-21)17(20)23/h1-7,10,22H,9H2. The van der Waals surface area contributed by atoms with Gasteiger partial charge in [0.1, 0.15) is 11.1 Å². The Hall–Kier alpha value is -3.46. The second-order valence-electron chi connectivity index (χ2n) is 4.95. The lowest BCUT2D eigenvalue weighted by molar-refractivity contribution is 0.111. The number of benzene rings is 1. The molecule has 6 heteroatoms. The molecule has 112 valence electrons. The van der Waals surface area contributed by atoms with Gasteiger partial charge < -0.3 is 9.67 Å². The van der Waals surface area contributed by atoms with Crippen molar-refractivity contribution < 1.29 is 9.90 Å². The Morgan fingerprint density at radius 3 is 2.65 bits per heavy atom. The van der Waals surface area contributed by atoms with Crippen molar-refractivity contribution >= 4 is 17.3 Å². The second-order valence-corrected chi connectivity index (χ2v) is 4.95. The molecule has 0 spiro atoms. The van der Waals surface area contributed by atoms with E-state index in [1.165, 1.54) is 10.8 Å². The summed E-state index contributed by atoms with van der Waals surface area (Å²) in [6.45, 7) is 0.202. The monoisotopic (exact) mass is 305 g/mol. The Bertz CT molecular complexity index is 998. The molecule has 0 unspecified atom stereocenters. The number of hydrogen-bond acceptors (Lipinski definition) is 5. The number of nitrogens with zero attached hydrogens (tertiary/aromatic N) is 3. The third-order valence-electron chi connectivity index (χ3n) is 3.57. The molecule has 0 aliphatic heterocycles. The van der Waals surface area contributed by atoms with Crippen LogP contribution in [-0.2, 0) is 6.54 Å². The van der Waals surface area contributed by atoms with Gasteiger partial charge in [0.15, 0.2) is 12.0 Å². The summed E-state index contributed by atoms with van der Waals surface area (Å²) in [7, 11) is 0. The average Bonchev–Trinajstić information content (AvgIpc) is 2.59. The average molecular weight is 305 g/mol. The van der Waals surface area contributed by atoms with E-state index in [0.717, 1.165) is 5.56 Å². The van der Waals surface area contributed by atoms with Gasteiger partial charge in [-0.25, -0.2) is 0 Å². The molecule has 2 aromatic heterocycles. The van der Waals surface area contributed by atoms with Crippen LogP contribution < -0.4 is 5.56 Å². The van der Waals surface area contributed by atoms with Crippen LogP contribution in [0.5, 0.6) is 5.75 Å². The summed E-state index contributed by atoms with van der Waals surface area (Å²) in [6.07, 6.45) is 1.81. The number of aromatic nitrogens is 2. The van der Waals surface area contributed by atoms with Crippen LogP contribution in [0, 0.1) is 11.3 Å². The Morgan fingerprint density at radius 1 is 1.26 bits per heavy atom. The fourth-order valence-electron chi connectivity index (χ4n) is 2.41. The van der Waals surface area contributed by atoms with E-state index in [9.17, 15) is 14.7 Å². The number of carbonyl (C=O) groups is 1. The summed E-state index contributed by atoms with van der Waals surface area (Å²) < 4.78 is 1.38. The fraction of sp³-hybridized carbons (Fsp3) is 0.0588. The first kappa shape index (κ1) is 14.5. The van der Waals surface area contributed by atoms with Gasteiger partial charge >= 0.3 is 0 Å². The maximum Gasteiger partial charge on any atom is 0.265 e. The van der Waals surface area contributed by atoms with Gasteiger partial charge in [-0.15, -0.1) is 0 Å². The molecule has 3 rings (SSSR count). The highest BCUT2D eigenvalue weighted by atomic mass is 16.3. The van der Waals surface area contributed by atoms with Crippen molar-refractivity contribution in [3.63, 3.8) is 0 Å². The molecule has 0 bridgehead atoms. The molecular weight excluding hydrogens is 294 g/mol. The van der Waals surface area contributed by atoms with Crippen LogP contribution in [0.2, 0.25) is 0 Å². The number of nitriles is 1. The van der Waals surface area contributed by atoms with E-state index in [-0.39, 0.29) is 17.6 Å². The zero-order valence-electron chi connectivity index (χ0n) is 11.9. The highest BCUT2D eigenvalue weighted by molar-refractivity contribution is 5.91. The molecular formula is C17H11N3O3. The molecule has 0 atom stereocenters. The quantitative estimate of drug-likeness (QED) is 0.745. The fourth-order valence-corrected chi connectivity index (χ4v) is 2.41. The van der Waals surface area contributed by atoms with Gasteiger partial charge in [0.05, 0.1) is 23.7 Å². The van der Waals surface area contributed by atoms with Crippen molar-refractivity contribution in [3.05, 3.63) is 69.6 Å². The Balaban J connectivity index is 2.21. The van der Waals surface area contributed by atoms with Crippen LogP contribution in [-0.4, -0.2) is 20.9 Å². The first-order valence-electron chi connectivity index (χ1n) is 6.80. The molecule has 0 radical (unpaired) electrons. The van der Waals surface area contributed by atoms with E-state index in [0.29, 0.717) is 17.4 Å². The number of aldehydes is 1. The molecule has 1 aromatic carbocycles. The molecule has 0 aliphatic carbocycles. The van der Waals surface area contributed by atoms with Crippen molar-refractivity contribution in [3.8, 4) is 11.8 Å². The van der Waals surface area contributed by atoms with E-state index < -0.39 is 11.3 Å². The Morgan fingerprint density at radius 2 is 2.00 bits per heavy atom. The maximum atomic E-state index is 12.5. The zero-order chi connectivity index (χ0) is 16.4. The predicted octanol–water partition coefficient (Wildman–Crippen LogP) is 1.83. The maximum absolute atomic E-state index is 12.5. The molecule has 0 saturated heterocycles. The summed E-state index contributed by atoms with van der Waals surface area (Å²) in [4.78, 5) is 27.6. The number of hydrogen-bond donors (Lipinski definition) is 1. The number of aromatic hydroxyl groups is 1. The number of fused-ring (bicyclic) bond motifs is 1. The van der Waals surface area contributed by atoms with Crippen LogP contribution in [0.1, 0.15) is 21.5 Å². The molecule has 0 aliphatic rings. The number of carbonyl (C=O) groups excluding carboxylic acids is 1. The number of pyridine rings is 2. The lowest BCUT2D eigenvalue weighted by atomic mass is 10.1. The summed E-state index contributed by atoms with van der Waals surface area (Å²) in [6, 6.07) is 12.1. The molecule has 3 aromatic rings. The van der Waals surface area contributed by atoms with Crippen molar-refractivity contribution in [2.45, 2.75) is 6.54 Å². The summed E-state index contributed by atoms with van der Waals surface area (Å²) >= 11 is 0. The zero-order valence-corrected chi connectivity index (χ0v) is 11.9. The van der Waals surface area contributed by atoms with Gasteiger partial charge in [-0.05, 0) is 29.8 Å². The summed E-state index contributed by atoms with van der Waals surface area (Å²) in [5.41, 5.74) is 1.05. The molecule has 0 amide bonds. The van der Waals surface area contributed by atoms with Gasteiger partial charge in [0, 0.05) is 6.20 Å². The summed E-state index contributed by atoms with van der Waals surface area (Å²) in [5, 5.41) is 18.9. The minimum atomic E-state index is -0.581. The van der Waals surface area contributed by atoms with E-state index >= 15 is 0 Å². The normalized spacial score (nSPS) is 10.4. The molecule has 2 heterocycles. The van der Waals surface area contributed by atoms with Gasteiger partial charge in [-0.2, -0.15) is 5.26 Å². The first-order chi connectivity index (χ1) is 11.2. The minimum absolute atomic E-state index is 0.197. The Kier molecular flexibility index (Phi) is 3.61. The van der Waals surface area contributed by atoms with Crippen LogP contribution in [0.3, 0.4) is 0 Å². The highest BCUT2D eigenvalue weighted by Crippen LogP contribution is 2.23. The topological polar surface area (TPSA) is 96.0 Å². The number of rotatable bonds is 3. The van der Waals surface area contributed by atoms with E-state index in [1.54, 1.807) is 36.4 Å². The largest absolute Gasteiger partial charge is 0.505 e. The second kappa shape index (κ2) is 5.73.